The van der Waals surface area contributed by atoms with E-state index in [0.29, 0.717) is 0 Å². The zero-order valence-corrected chi connectivity index (χ0v) is 7.74. The molecule has 0 aliphatic heterocycles. The average Bonchev–Trinajstić information content (AvgIpc) is 2.07. The molecule has 1 aromatic carbocycles. The SMILES string of the molecule is Cc1cc2c(C)cccc2[n+]([O-])c1. The summed E-state index contributed by atoms with van der Waals surface area (Å²) >= 11 is 0. The third kappa shape index (κ3) is 1.24. The van der Waals surface area contributed by atoms with Gasteiger partial charge in [-0.15, -0.1) is 0 Å². The summed E-state index contributed by atoms with van der Waals surface area (Å²) < 4.78 is 0.928. The number of benzene rings is 1. The highest BCUT2D eigenvalue weighted by Crippen LogP contribution is 2.15. The van der Waals surface area contributed by atoms with Gasteiger partial charge in [-0.25, -0.2) is 0 Å². The van der Waals surface area contributed by atoms with Gasteiger partial charge in [-0.2, -0.15) is 4.73 Å². The number of hydrogen-bond acceptors (Lipinski definition) is 1. The Bertz CT molecular complexity index is 463. The Morgan fingerprint density at radius 2 is 2.00 bits per heavy atom. The van der Waals surface area contributed by atoms with Gasteiger partial charge in [0.05, 0.1) is 5.39 Å². The van der Waals surface area contributed by atoms with Crippen LogP contribution in [0.5, 0.6) is 0 Å². The van der Waals surface area contributed by atoms with Gasteiger partial charge in [0.15, 0.2) is 6.20 Å². The molecule has 0 saturated heterocycles. The molecule has 2 rings (SSSR count). The van der Waals surface area contributed by atoms with E-state index in [-0.39, 0.29) is 0 Å². The molecule has 13 heavy (non-hydrogen) atoms. The molecule has 0 N–H and O–H groups in total. The molecule has 0 bridgehead atoms. The van der Waals surface area contributed by atoms with Crippen molar-refractivity contribution in [1.29, 1.82) is 0 Å². The summed E-state index contributed by atoms with van der Waals surface area (Å²) in [4.78, 5) is 0. The van der Waals surface area contributed by atoms with Crippen molar-refractivity contribution in [3.63, 3.8) is 0 Å². The quantitative estimate of drug-likeness (QED) is 0.442. The first-order valence-corrected chi connectivity index (χ1v) is 4.27. The smallest absolute Gasteiger partial charge is 0.224 e. The number of nitrogens with zero attached hydrogens (tertiary/aromatic N) is 1. The first-order chi connectivity index (χ1) is 6.18. The molecule has 0 saturated carbocycles. The third-order valence-corrected chi connectivity index (χ3v) is 2.23. The Hall–Kier alpha value is -1.57. The van der Waals surface area contributed by atoms with Crippen LogP contribution in [-0.4, -0.2) is 0 Å². The van der Waals surface area contributed by atoms with E-state index >= 15 is 0 Å². The van der Waals surface area contributed by atoms with Gasteiger partial charge in [-0.3, -0.25) is 0 Å². The van der Waals surface area contributed by atoms with Crippen molar-refractivity contribution in [2.75, 3.05) is 0 Å². The molecule has 0 radical (unpaired) electrons. The molecular weight excluding hydrogens is 162 g/mol. The number of fused-ring (bicyclic) bond motifs is 1. The standard InChI is InChI=1S/C11H11NO/c1-8-6-10-9(2)4-3-5-11(10)12(13)7-8/h3-7H,1-2H3. The van der Waals surface area contributed by atoms with Crippen LogP contribution in [0.1, 0.15) is 11.1 Å². The van der Waals surface area contributed by atoms with Gasteiger partial charge < -0.3 is 5.21 Å². The summed E-state index contributed by atoms with van der Waals surface area (Å²) in [6, 6.07) is 7.80. The van der Waals surface area contributed by atoms with Crippen LogP contribution in [0, 0.1) is 19.1 Å². The van der Waals surface area contributed by atoms with Gasteiger partial charge in [0.1, 0.15) is 0 Å². The lowest BCUT2D eigenvalue weighted by atomic mass is 10.1. The molecule has 66 valence electrons. The van der Waals surface area contributed by atoms with Crippen LogP contribution < -0.4 is 4.73 Å². The van der Waals surface area contributed by atoms with E-state index in [1.165, 1.54) is 0 Å². The highest BCUT2D eigenvalue weighted by atomic mass is 16.5. The number of hydrogen-bond donors (Lipinski definition) is 0. The zero-order chi connectivity index (χ0) is 9.42. The predicted octanol–water partition coefficient (Wildman–Crippen LogP) is 2.09. The molecule has 1 aromatic heterocycles. The zero-order valence-electron chi connectivity index (χ0n) is 7.74. The van der Waals surface area contributed by atoms with E-state index in [0.717, 1.165) is 26.8 Å². The van der Waals surface area contributed by atoms with E-state index in [2.05, 4.69) is 0 Å². The molecular formula is C11H11NO. The summed E-state index contributed by atoms with van der Waals surface area (Å²) in [5.41, 5.74) is 2.88. The second-order valence-corrected chi connectivity index (χ2v) is 3.35. The fraction of sp³-hybridized carbons (Fsp3) is 0.182. The average molecular weight is 173 g/mol. The first-order valence-electron chi connectivity index (χ1n) is 4.27. The minimum absolute atomic E-state index is 0.741. The second kappa shape index (κ2) is 2.73. The van der Waals surface area contributed by atoms with Gasteiger partial charge in [-0.1, -0.05) is 12.1 Å². The Labute approximate surface area is 77.0 Å². The lowest BCUT2D eigenvalue weighted by molar-refractivity contribution is -0.577. The second-order valence-electron chi connectivity index (χ2n) is 3.35. The fourth-order valence-electron chi connectivity index (χ4n) is 1.56. The summed E-state index contributed by atoms with van der Waals surface area (Å²) in [5, 5.41) is 12.5. The normalized spacial score (nSPS) is 10.6. The Kier molecular flexibility index (Phi) is 1.69. The molecule has 0 amide bonds. The van der Waals surface area contributed by atoms with E-state index in [1.807, 2.05) is 38.1 Å². The van der Waals surface area contributed by atoms with Crippen LogP contribution in [0.3, 0.4) is 0 Å². The van der Waals surface area contributed by atoms with Gasteiger partial charge in [0.2, 0.25) is 5.52 Å². The van der Waals surface area contributed by atoms with Crippen LogP contribution >= 0.6 is 0 Å². The first kappa shape index (κ1) is 8.05. The Morgan fingerprint density at radius 3 is 2.77 bits per heavy atom. The maximum Gasteiger partial charge on any atom is 0.224 e. The minimum Gasteiger partial charge on any atom is -0.618 e. The van der Waals surface area contributed by atoms with Crippen LogP contribution in [0.15, 0.2) is 30.5 Å². The Morgan fingerprint density at radius 1 is 1.23 bits per heavy atom. The van der Waals surface area contributed by atoms with Crippen molar-refractivity contribution in [2.24, 2.45) is 0 Å². The maximum atomic E-state index is 11.5. The lowest BCUT2D eigenvalue weighted by Gasteiger charge is -2.04. The van der Waals surface area contributed by atoms with Gasteiger partial charge in [0, 0.05) is 11.6 Å². The summed E-state index contributed by atoms with van der Waals surface area (Å²) in [7, 11) is 0. The van der Waals surface area contributed by atoms with Crippen molar-refractivity contribution in [2.45, 2.75) is 13.8 Å². The molecule has 0 unspecified atom stereocenters. The fourth-order valence-corrected chi connectivity index (χ4v) is 1.56. The van der Waals surface area contributed by atoms with Gasteiger partial charge in [-0.05, 0) is 25.5 Å². The lowest BCUT2D eigenvalue weighted by Crippen LogP contribution is -2.26. The highest BCUT2D eigenvalue weighted by molar-refractivity contribution is 5.79. The van der Waals surface area contributed by atoms with Crippen LogP contribution in [0.2, 0.25) is 0 Å². The molecule has 2 aromatic rings. The Balaban J connectivity index is 2.94. The number of aryl methyl sites for hydroxylation is 2. The van der Waals surface area contributed by atoms with Crippen LogP contribution in [-0.2, 0) is 0 Å². The largest absolute Gasteiger partial charge is 0.618 e. The van der Waals surface area contributed by atoms with E-state index in [1.54, 1.807) is 6.20 Å². The van der Waals surface area contributed by atoms with Crippen molar-refractivity contribution in [3.8, 4) is 0 Å². The molecule has 0 atom stereocenters. The van der Waals surface area contributed by atoms with Crippen LogP contribution in [0.25, 0.3) is 10.9 Å². The minimum atomic E-state index is 0.741. The van der Waals surface area contributed by atoms with E-state index in [4.69, 9.17) is 0 Å². The van der Waals surface area contributed by atoms with Crippen molar-refractivity contribution >= 4 is 10.9 Å². The van der Waals surface area contributed by atoms with Crippen molar-refractivity contribution in [1.82, 2.24) is 0 Å². The highest BCUT2D eigenvalue weighted by Gasteiger charge is 2.05. The third-order valence-electron chi connectivity index (χ3n) is 2.23. The number of aromatic nitrogens is 1. The van der Waals surface area contributed by atoms with E-state index in [9.17, 15) is 5.21 Å². The molecule has 0 fully saturated rings. The monoisotopic (exact) mass is 173 g/mol. The molecule has 0 aliphatic rings. The van der Waals surface area contributed by atoms with Crippen molar-refractivity contribution in [3.05, 3.63) is 46.8 Å². The maximum absolute atomic E-state index is 11.5. The van der Waals surface area contributed by atoms with Crippen molar-refractivity contribution < 1.29 is 4.73 Å². The molecule has 2 heteroatoms. The van der Waals surface area contributed by atoms with Gasteiger partial charge >= 0.3 is 0 Å². The van der Waals surface area contributed by atoms with Crippen LogP contribution in [0.4, 0.5) is 0 Å². The molecule has 0 spiro atoms. The molecule has 1 heterocycles. The summed E-state index contributed by atoms with van der Waals surface area (Å²) in [6.07, 6.45) is 1.60. The predicted molar refractivity (Wildman–Crippen MR) is 52.4 cm³/mol. The molecule has 0 aliphatic carbocycles. The number of pyridine rings is 1. The summed E-state index contributed by atoms with van der Waals surface area (Å²) in [5.74, 6) is 0. The number of rotatable bonds is 0. The topological polar surface area (TPSA) is 26.9 Å². The van der Waals surface area contributed by atoms with Gasteiger partial charge in [0.25, 0.3) is 0 Å². The summed E-state index contributed by atoms with van der Waals surface area (Å²) in [6.45, 7) is 3.95. The molecule has 2 nitrogen and oxygen atoms in total. The van der Waals surface area contributed by atoms with E-state index < -0.39 is 0 Å².